The Morgan fingerprint density at radius 1 is 0.857 bits per heavy atom. The van der Waals surface area contributed by atoms with E-state index in [1.54, 1.807) is 36.4 Å². The third kappa shape index (κ3) is 5.20. The van der Waals surface area contributed by atoms with Crippen LogP contribution >= 0.6 is 23.8 Å². The number of hydrogen-bond acceptors (Lipinski definition) is 6. The van der Waals surface area contributed by atoms with Crippen LogP contribution in [0.15, 0.2) is 28.7 Å². The fraction of sp³-hybridized carbons (Fsp3) is 0.222. The predicted octanol–water partition coefficient (Wildman–Crippen LogP) is 4.13. The topological polar surface area (TPSA) is 104 Å². The highest BCUT2D eigenvalue weighted by molar-refractivity contribution is 9.10. The first-order valence-corrected chi connectivity index (χ1v) is 10.2. The van der Waals surface area contributed by atoms with Crippen LogP contribution in [-0.2, 0) is 4.57 Å². The molecule has 0 radical (unpaired) electrons. The summed E-state index contributed by atoms with van der Waals surface area (Å²) in [4.78, 5) is 18.3. The molecule has 0 heterocycles. The van der Waals surface area contributed by atoms with Gasteiger partial charge in [-0.25, -0.2) is 4.57 Å². The van der Waals surface area contributed by atoms with Crippen molar-refractivity contribution in [1.82, 2.24) is 0 Å². The molecule has 8 nitrogen and oxygen atoms in total. The van der Waals surface area contributed by atoms with Gasteiger partial charge in [0, 0.05) is 0 Å². The van der Waals surface area contributed by atoms with Crippen LogP contribution in [-0.4, -0.2) is 38.2 Å². The Bertz CT molecular complexity index is 897. The largest absolute Gasteiger partial charge is 0.524 e. The molecule has 0 saturated heterocycles. The number of phosphoric acid groups is 1. The molecule has 0 fully saturated rings. The van der Waals surface area contributed by atoms with Crippen molar-refractivity contribution < 1.29 is 37.8 Å². The standard InChI is InChI=1S/C18H20BrO8P/c1-23-13-8-7-12(16(19)18(13)27-28(20,21)22)6-5-11-9-14(24-2)17(26-4)15(10-11)25-3/h5-10H,1-4H3,(H2,20,21,22). The molecule has 0 atom stereocenters. The van der Waals surface area contributed by atoms with Crippen molar-refractivity contribution in [3.63, 3.8) is 0 Å². The molecule has 0 saturated carbocycles. The van der Waals surface area contributed by atoms with Crippen LogP contribution in [0, 0.1) is 0 Å². The lowest BCUT2D eigenvalue weighted by atomic mass is 10.1. The van der Waals surface area contributed by atoms with Gasteiger partial charge in [-0.05, 0) is 51.3 Å². The van der Waals surface area contributed by atoms with E-state index in [1.807, 2.05) is 0 Å². The van der Waals surface area contributed by atoms with Crippen LogP contribution in [0.4, 0.5) is 0 Å². The summed E-state index contributed by atoms with van der Waals surface area (Å²) in [6, 6.07) is 6.79. The maximum atomic E-state index is 11.3. The molecule has 10 heteroatoms. The first-order chi connectivity index (χ1) is 13.2. The lowest BCUT2D eigenvalue weighted by molar-refractivity contribution is 0.276. The summed E-state index contributed by atoms with van der Waals surface area (Å²) in [5.74, 6) is 1.56. The van der Waals surface area contributed by atoms with Crippen molar-refractivity contribution in [2.75, 3.05) is 28.4 Å². The predicted molar refractivity (Wildman–Crippen MR) is 108 cm³/mol. The zero-order chi connectivity index (χ0) is 20.9. The minimum atomic E-state index is -4.76. The summed E-state index contributed by atoms with van der Waals surface area (Å²) < 4.78 is 37.4. The maximum Gasteiger partial charge on any atom is 0.524 e. The lowest BCUT2D eigenvalue weighted by Crippen LogP contribution is -1.96. The highest BCUT2D eigenvalue weighted by Gasteiger charge is 2.22. The smallest absolute Gasteiger partial charge is 0.493 e. The molecule has 2 aromatic rings. The lowest BCUT2D eigenvalue weighted by Gasteiger charge is -2.14. The molecule has 2 aromatic carbocycles. The molecule has 0 aliphatic heterocycles. The van der Waals surface area contributed by atoms with E-state index < -0.39 is 7.82 Å². The second-order valence-corrected chi connectivity index (χ2v) is 7.33. The molecular weight excluding hydrogens is 455 g/mol. The van der Waals surface area contributed by atoms with Gasteiger partial charge in [-0.15, -0.1) is 0 Å². The molecular formula is C18H20BrO8P. The third-order valence-electron chi connectivity index (χ3n) is 3.66. The van der Waals surface area contributed by atoms with E-state index in [0.29, 0.717) is 27.3 Å². The van der Waals surface area contributed by atoms with E-state index in [1.165, 1.54) is 28.4 Å². The first kappa shape index (κ1) is 22.1. The van der Waals surface area contributed by atoms with Crippen molar-refractivity contribution in [3.8, 4) is 28.7 Å². The minimum absolute atomic E-state index is 0.0946. The van der Waals surface area contributed by atoms with E-state index in [4.69, 9.17) is 33.3 Å². The molecule has 152 valence electrons. The number of rotatable bonds is 8. The Labute approximate surface area is 171 Å². The molecule has 0 amide bonds. The molecule has 0 aromatic heterocycles. The first-order valence-electron chi connectivity index (χ1n) is 7.83. The number of ether oxygens (including phenoxy) is 4. The van der Waals surface area contributed by atoms with Gasteiger partial charge in [0.25, 0.3) is 0 Å². The summed E-state index contributed by atoms with van der Waals surface area (Å²) in [5, 5.41) is 0. The van der Waals surface area contributed by atoms with Crippen molar-refractivity contribution in [2.24, 2.45) is 0 Å². The summed E-state index contributed by atoms with van der Waals surface area (Å²) in [5.41, 5.74) is 1.37. The summed E-state index contributed by atoms with van der Waals surface area (Å²) >= 11 is 3.31. The quantitative estimate of drug-likeness (QED) is 0.434. The van der Waals surface area contributed by atoms with E-state index in [-0.39, 0.29) is 11.5 Å². The molecule has 28 heavy (non-hydrogen) atoms. The van der Waals surface area contributed by atoms with Crippen molar-refractivity contribution in [3.05, 3.63) is 39.9 Å². The molecule has 0 aliphatic carbocycles. The second-order valence-electron chi connectivity index (χ2n) is 5.37. The van der Waals surface area contributed by atoms with Crippen molar-refractivity contribution in [2.45, 2.75) is 0 Å². The molecule has 0 unspecified atom stereocenters. The fourth-order valence-electron chi connectivity index (χ4n) is 2.43. The monoisotopic (exact) mass is 474 g/mol. The molecule has 0 aliphatic rings. The Balaban J connectivity index is 2.47. The number of hydrogen-bond donors (Lipinski definition) is 2. The molecule has 0 bridgehead atoms. The molecule has 2 N–H and O–H groups in total. The van der Waals surface area contributed by atoms with Gasteiger partial charge in [0.1, 0.15) is 0 Å². The molecule has 2 rings (SSSR count). The minimum Gasteiger partial charge on any atom is -0.493 e. The average Bonchev–Trinajstić information content (AvgIpc) is 2.66. The zero-order valence-corrected chi connectivity index (χ0v) is 18.1. The van der Waals surface area contributed by atoms with Crippen LogP contribution in [0.1, 0.15) is 11.1 Å². The van der Waals surface area contributed by atoms with Gasteiger partial charge in [0.05, 0.1) is 32.9 Å². The van der Waals surface area contributed by atoms with E-state index in [2.05, 4.69) is 15.9 Å². The maximum absolute atomic E-state index is 11.3. The highest BCUT2D eigenvalue weighted by atomic mass is 79.9. The Morgan fingerprint density at radius 3 is 1.89 bits per heavy atom. The van der Waals surface area contributed by atoms with Gasteiger partial charge >= 0.3 is 7.82 Å². The number of methoxy groups -OCH3 is 4. The number of benzene rings is 2. The van der Waals surface area contributed by atoms with Crippen LogP contribution < -0.4 is 23.5 Å². The molecule has 0 spiro atoms. The van der Waals surface area contributed by atoms with Crippen LogP contribution in [0.25, 0.3) is 12.2 Å². The van der Waals surface area contributed by atoms with E-state index in [9.17, 15) is 4.57 Å². The SMILES string of the molecule is COc1cc(C=Cc2ccc(OC)c(OP(=O)(O)O)c2Br)cc(OC)c1OC. The van der Waals surface area contributed by atoms with Gasteiger partial charge in [-0.1, -0.05) is 12.2 Å². The van der Waals surface area contributed by atoms with E-state index >= 15 is 0 Å². The summed E-state index contributed by atoms with van der Waals surface area (Å²) in [6.45, 7) is 0. The zero-order valence-electron chi connectivity index (χ0n) is 15.6. The average molecular weight is 475 g/mol. The van der Waals surface area contributed by atoms with Crippen LogP contribution in [0.5, 0.6) is 28.7 Å². The second kappa shape index (κ2) is 9.34. The van der Waals surface area contributed by atoms with Gasteiger partial charge in [0.15, 0.2) is 23.0 Å². The van der Waals surface area contributed by atoms with Gasteiger partial charge in [-0.3, -0.25) is 9.79 Å². The van der Waals surface area contributed by atoms with E-state index in [0.717, 1.165) is 5.56 Å². The third-order valence-corrected chi connectivity index (χ3v) is 4.90. The van der Waals surface area contributed by atoms with Gasteiger partial charge < -0.3 is 23.5 Å². The fourth-order valence-corrected chi connectivity index (χ4v) is 3.52. The van der Waals surface area contributed by atoms with Gasteiger partial charge in [-0.2, -0.15) is 0 Å². The highest BCUT2D eigenvalue weighted by Crippen LogP contribution is 2.47. The summed E-state index contributed by atoms with van der Waals surface area (Å²) in [7, 11) is 1.18. The Kier molecular flexibility index (Phi) is 7.37. The number of halogens is 1. The summed E-state index contributed by atoms with van der Waals surface area (Å²) in [6.07, 6.45) is 3.51. The normalized spacial score (nSPS) is 11.4. The van der Waals surface area contributed by atoms with Gasteiger partial charge in [0.2, 0.25) is 5.75 Å². The van der Waals surface area contributed by atoms with Crippen LogP contribution in [0.2, 0.25) is 0 Å². The Hall–Kier alpha value is -2.19. The van der Waals surface area contributed by atoms with Crippen LogP contribution in [0.3, 0.4) is 0 Å². The Morgan fingerprint density at radius 2 is 1.43 bits per heavy atom. The number of phosphoric ester groups is 1. The van der Waals surface area contributed by atoms with Crippen molar-refractivity contribution in [1.29, 1.82) is 0 Å². The van der Waals surface area contributed by atoms with Crippen molar-refractivity contribution >= 4 is 35.9 Å².